The molecule has 1 aliphatic heterocycles. The van der Waals surface area contributed by atoms with Crippen molar-refractivity contribution < 1.29 is 14.6 Å². The van der Waals surface area contributed by atoms with Crippen molar-refractivity contribution in [1.82, 2.24) is 0 Å². The molecular formula is C10H12N2O3. The predicted octanol–water partition coefficient (Wildman–Crippen LogP) is 0.484. The van der Waals surface area contributed by atoms with Crippen LogP contribution >= 0.6 is 0 Å². The van der Waals surface area contributed by atoms with Crippen LogP contribution < -0.4 is 10.5 Å². The summed E-state index contributed by atoms with van der Waals surface area (Å²) >= 11 is 0. The number of nitrogens with zero attached hydrogens (tertiary/aromatic N) is 1. The number of hydrogen-bond acceptors (Lipinski definition) is 5. The van der Waals surface area contributed by atoms with Gasteiger partial charge in [0.1, 0.15) is 30.8 Å². The fraction of sp³-hybridized carbons (Fsp3) is 0.300. The highest BCUT2D eigenvalue weighted by Crippen LogP contribution is 2.16. The molecule has 0 spiro atoms. The van der Waals surface area contributed by atoms with E-state index in [1.807, 2.05) is 0 Å². The summed E-state index contributed by atoms with van der Waals surface area (Å²) in [5.74, 6) is 0.905. The van der Waals surface area contributed by atoms with E-state index in [-0.39, 0.29) is 17.8 Å². The minimum Gasteiger partial charge on any atom is -0.508 e. The SMILES string of the molecule is NC1=NC(COc2ccc(O)cc2)CO1. The van der Waals surface area contributed by atoms with E-state index in [1.165, 1.54) is 0 Å². The zero-order valence-corrected chi connectivity index (χ0v) is 8.09. The Morgan fingerprint density at radius 1 is 1.47 bits per heavy atom. The molecule has 2 rings (SSSR count). The average molecular weight is 208 g/mol. The van der Waals surface area contributed by atoms with Crippen molar-refractivity contribution in [3.05, 3.63) is 24.3 Å². The fourth-order valence-corrected chi connectivity index (χ4v) is 1.26. The number of phenols is 1. The molecule has 1 unspecified atom stereocenters. The van der Waals surface area contributed by atoms with E-state index in [4.69, 9.17) is 20.3 Å². The number of amidine groups is 1. The monoisotopic (exact) mass is 208 g/mol. The Labute approximate surface area is 87.1 Å². The number of benzene rings is 1. The summed E-state index contributed by atoms with van der Waals surface area (Å²) in [6, 6.07) is 6.69. The zero-order chi connectivity index (χ0) is 10.7. The van der Waals surface area contributed by atoms with Crippen LogP contribution in [0.5, 0.6) is 11.5 Å². The lowest BCUT2D eigenvalue weighted by Crippen LogP contribution is -2.16. The maximum absolute atomic E-state index is 9.06. The van der Waals surface area contributed by atoms with Crippen molar-refractivity contribution in [3.8, 4) is 11.5 Å². The van der Waals surface area contributed by atoms with Crippen LogP contribution in [0, 0.1) is 0 Å². The number of ether oxygens (including phenoxy) is 2. The Hall–Kier alpha value is -1.91. The number of nitrogens with two attached hydrogens (primary N) is 1. The summed E-state index contributed by atoms with van der Waals surface area (Å²) in [4.78, 5) is 4.02. The summed E-state index contributed by atoms with van der Waals surface area (Å²) in [7, 11) is 0. The molecule has 80 valence electrons. The normalized spacial score (nSPS) is 19.5. The predicted molar refractivity (Wildman–Crippen MR) is 55.0 cm³/mol. The zero-order valence-electron chi connectivity index (χ0n) is 8.09. The molecule has 1 atom stereocenters. The number of aromatic hydroxyl groups is 1. The van der Waals surface area contributed by atoms with E-state index in [0.29, 0.717) is 19.0 Å². The van der Waals surface area contributed by atoms with E-state index >= 15 is 0 Å². The second-order valence-corrected chi connectivity index (χ2v) is 3.24. The van der Waals surface area contributed by atoms with Crippen LogP contribution in [0.3, 0.4) is 0 Å². The highest BCUT2D eigenvalue weighted by atomic mass is 16.5. The number of hydrogen-bond donors (Lipinski definition) is 2. The van der Waals surface area contributed by atoms with E-state index in [2.05, 4.69) is 4.99 Å². The van der Waals surface area contributed by atoms with Crippen LogP contribution in [0.1, 0.15) is 0 Å². The summed E-state index contributed by atoms with van der Waals surface area (Å²) in [6.45, 7) is 0.884. The van der Waals surface area contributed by atoms with Gasteiger partial charge in [-0.25, -0.2) is 4.99 Å². The van der Waals surface area contributed by atoms with Gasteiger partial charge in [0.2, 0.25) is 0 Å². The van der Waals surface area contributed by atoms with Gasteiger partial charge in [-0.2, -0.15) is 0 Å². The largest absolute Gasteiger partial charge is 0.508 e. The van der Waals surface area contributed by atoms with Crippen LogP contribution in [-0.2, 0) is 4.74 Å². The molecule has 5 nitrogen and oxygen atoms in total. The molecule has 0 bridgehead atoms. The van der Waals surface area contributed by atoms with Crippen LogP contribution in [-0.4, -0.2) is 30.4 Å². The van der Waals surface area contributed by atoms with Gasteiger partial charge in [0.15, 0.2) is 0 Å². The number of aliphatic imine (C=N–C) groups is 1. The molecule has 0 saturated carbocycles. The van der Waals surface area contributed by atoms with Gasteiger partial charge in [0.25, 0.3) is 6.02 Å². The van der Waals surface area contributed by atoms with Gasteiger partial charge in [-0.1, -0.05) is 0 Å². The van der Waals surface area contributed by atoms with Gasteiger partial charge < -0.3 is 20.3 Å². The second kappa shape index (κ2) is 4.08. The third-order valence-electron chi connectivity index (χ3n) is 2.01. The molecular weight excluding hydrogens is 196 g/mol. The molecule has 1 aliphatic rings. The van der Waals surface area contributed by atoms with E-state index in [9.17, 15) is 0 Å². The first-order valence-electron chi connectivity index (χ1n) is 4.62. The molecule has 0 saturated heterocycles. The van der Waals surface area contributed by atoms with Gasteiger partial charge in [-0.3, -0.25) is 0 Å². The van der Waals surface area contributed by atoms with Gasteiger partial charge in [0.05, 0.1) is 0 Å². The lowest BCUT2D eigenvalue weighted by molar-refractivity contribution is 0.241. The van der Waals surface area contributed by atoms with Crippen molar-refractivity contribution in [2.45, 2.75) is 6.04 Å². The van der Waals surface area contributed by atoms with E-state index in [1.54, 1.807) is 24.3 Å². The minimum atomic E-state index is -0.0428. The molecule has 0 fully saturated rings. The topological polar surface area (TPSA) is 77.1 Å². The van der Waals surface area contributed by atoms with Crippen molar-refractivity contribution in [1.29, 1.82) is 0 Å². The highest BCUT2D eigenvalue weighted by Gasteiger charge is 2.16. The first kappa shape index (κ1) is 9.64. The molecule has 1 aromatic carbocycles. The van der Waals surface area contributed by atoms with Crippen LogP contribution in [0.4, 0.5) is 0 Å². The van der Waals surface area contributed by atoms with E-state index in [0.717, 1.165) is 0 Å². The lowest BCUT2D eigenvalue weighted by atomic mass is 10.3. The fourth-order valence-electron chi connectivity index (χ4n) is 1.26. The van der Waals surface area contributed by atoms with Crippen LogP contribution in [0.15, 0.2) is 29.3 Å². The molecule has 3 N–H and O–H groups in total. The molecule has 0 aromatic heterocycles. The van der Waals surface area contributed by atoms with Crippen LogP contribution in [0.2, 0.25) is 0 Å². The average Bonchev–Trinajstić information content (AvgIpc) is 2.64. The second-order valence-electron chi connectivity index (χ2n) is 3.24. The smallest absolute Gasteiger partial charge is 0.282 e. The Morgan fingerprint density at radius 2 is 2.20 bits per heavy atom. The first-order chi connectivity index (χ1) is 7.24. The molecule has 0 aliphatic carbocycles. The third-order valence-corrected chi connectivity index (χ3v) is 2.01. The molecule has 0 radical (unpaired) electrons. The van der Waals surface area contributed by atoms with Gasteiger partial charge in [-0.05, 0) is 24.3 Å². The molecule has 5 heteroatoms. The molecule has 1 heterocycles. The maximum atomic E-state index is 9.06. The molecule has 1 aromatic rings. The Bertz CT molecular complexity index is 361. The van der Waals surface area contributed by atoms with E-state index < -0.39 is 0 Å². The standard InChI is InChI=1S/C10H12N2O3/c11-10-12-7(6-15-10)5-14-9-3-1-8(13)2-4-9/h1-4,7,13H,5-6H2,(H2,11,12). The Balaban J connectivity index is 1.86. The Kier molecular flexibility index (Phi) is 2.62. The van der Waals surface area contributed by atoms with Gasteiger partial charge in [-0.15, -0.1) is 0 Å². The summed E-state index contributed by atoms with van der Waals surface area (Å²) in [6.07, 6.45) is 0. The summed E-state index contributed by atoms with van der Waals surface area (Å²) in [5, 5.41) is 9.06. The maximum Gasteiger partial charge on any atom is 0.282 e. The van der Waals surface area contributed by atoms with Crippen molar-refractivity contribution in [2.75, 3.05) is 13.2 Å². The minimum absolute atomic E-state index is 0.0428. The van der Waals surface area contributed by atoms with Gasteiger partial charge in [0, 0.05) is 0 Å². The highest BCUT2D eigenvalue weighted by molar-refractivity contribution is 5.73. The number of phenolic OH excluding ortho intramolecular Hbond substituents is 1. The van der Waals surface area contributed by atoms with Crippen molar-refractivity contribution in [2.24, 2.45) is 10.7 Å². The van der Waals surface area contributed by atoms with Gasteiger partial charge >= 0.3 is 0 Å². The summed E-state index contributed by atoms with van der Waals surface area (Å²) in [5.41, 5.74) is 5.35. The quantitative estimate of drug-likeness (QED) is 0.757. The molecule has 0 amide bonds. The molecule has 15 heavy (non-hydrogen) atoms. The van der Waals surface area contributed by atoms with Crippen molar-refractivity contribution >= 4 is 6.02 Å². The first-order valence-corrected chi connectivity index (χ1v) is 4.62. The lowest BCUT2D eigenvalue weighted by Gasteiger charge is -2.08. The Morgan fingerprint density at radius 3 is 2.80 bits per heavy atom. The van der Waals surface area contributed by atoms with Crippen LogP contribution in [0.25, 0.3) is 0 Å². The van der Waals surface area contributed by atoms with Crippen molar-refractivity contribution in [3.63, 3.8) is 0 Å². The summed E-state index contributed by atoms with van der Waals surface area (Å²) < 4.78 is 10.4. The third kappa shape index (κ3) is 2.52. The number of rotatable bonds is 3.